The van der Waals surface area contributed by atoms with Gasteiger partial charge in [0.15, 0.2) is 9.84 Å². The molecule has 1 N–H and O–H groups in total. The van der Waals surface area contributed by atoms with E-state index in [0.717, 1.165) is 44.8 Å². The molecule has 5 nitrogen and oxygen atoms in total. The highest BCUT2D eigenvalue weighted by atomic mass is 32.2. The molecule has 2 aliphatic rings. The lowest BCUT2D eigenvalue weighted by Crippen LogP contribution is -2.36. The van der Waals surface area contributed by atoms with Crippen molar-refractivity contribution in [3.05, 3.63) is 24.3 Å². The first-order valence-corrected chi connectivity index (χ1v) is 9.34. The minimum atomic E-state index is -2.86. The maximum absolute atomic E-state index is 11.7. The first kappa shape index (κ1) is 14.7. The third-order valence-corrected chi connectivity index (χ3v) is 5.90. The molecule has 3 rings (SSSR count). The highest BCUT2D eigenvalue weighted by molar-refractivity contribution is 7.91. The summed E-state index contributed by atoms with van der Waals surface area (Å²) in [5, 5.41) is 3.34. The number of rotatable bonds is 3. The maximum Gasteiger partial charge on any atom is 0.152 e. The average molecular weight is 310 g/mol. The number of anilines is 2. The molecule has 0 aliphatic carbocycles. The van der Waals surface area contributed by atoms with E-state index in [4.69, 9.17) is 4.74 Å². The Morgan fingerprint density at radius 2 is 1.86 bits per heavy atom. The van der Waals surface area contributed by atoms with Crippen molar-refractivity contribution in [3.8, 4) is 0 Å². The first-order valence-electron chi connectivity index (χ1n) is 7.52. The van der Waals surface area contributed by atoms with Crippen LogP contribution in [-0.4, -0.2) is 52.3 Å². The molecule has 1 unspecified atom stereocenters. The minimum absolute atomic E-state index is 0.0398. The number of nitrogens with one attached hydrogen (secondary N) is 1. The van der Waals surface area contributed by atoms with E-state index >= 15 is 0 Å². The van der Waals surface area contributed by atoms with Gasteiger partial charge in [0.25, 0.3) is 0 Å². The Balaban J connectivity index is 1.61. The minimum Gasteiger partial charge on any atom is -0.381 e. The van der Waals surface area contributed by atoms with Gasteiger partial charge in [0, 0.05) is 30.5 Å². The first-order chi connectivity index (χ1) is 10.1. The standard InChI is InChI=1S/C15H22N2O3S/c18-21(19)11-1-2-14(12-21)16-13-3-5-15(6-4-13)17-7-9-20-10-8-17/h3-6,14,16H,1-2,7-12H2. The normalized spacial score (nSPS) is 25.5. The summed E-state index contributed by atoms with van der Waals surface area (Å²) in [5.74, 6) is 0.583. The Hall–Kier alpha value is -1.27. The van der Waals surface area contributed by atoms with Crippen LogP contribution in [0.3, 0.4) is 0 Å². The fourth-order valence-corrected chi connectivity index (χ4v) is 4.60. The van der Waals surface area contributed by atoms with Gasteiger partial charge >= 0.3 is 0 Å². The van der Waals surface area contributed by atoms with Crippen LogP contribution < -0.4 is 10.2 Å². The lowest BCUT2D eigenvalue weighted by molar-refractivity contribution is 0.122. The Bertz CT molecular complexity index is 565. The number of sulfone groups is 1. The van der Waals surface area contributed by atoms with Gasteiger partial charge in [-0.3, -0.25) is 0 Å². The lowest BCUT2D eigenvalue weighted by atomic mass is 10.1. The molecule has 0 amide bonds. The van der Waals surface area contributed by atoms with E-state index in [-0.39, 0.29) is 11.8 Å². The van der Waals surface area contributed by atoms with Crippen LogP contribution in [0.15, 0.2) is 24.3 Å². The second kappa shape index (κ2) is 6.23. The van der Waals surface area contributed by atoms with Crippen LogP contribution in [0, 0.1) is 0 Å². The van der Waals surface area contributed by atoms with Crippen molar-refractivity contribution in [1.29, 1.82) is 0 Å². The van der Waals surface area contributed by atoms with Gasteiger partial charge in [-0.2, -0.15) is 0 Å². The molecule has 1 atom stereocenters. The summed E-state index contributed by atoms with van der Waals surface area (Å²) in [7, 11) is -2.86. The van der Waals surface area contributed by atoms with Gasteiger partial charge in [-0.25, -0.2) is 8.42 Å². The quantitative estimate of drug-likeness (QED) is 0.917. The molecule has 2 aliphatic heterocycles. The van der Waals surface area contributed by atoms with E-state index in [1.165, 1.54) is 5.69 Å². The Labute approximate surface area is 126 Å². The summed E-state index contributed by atoms with van der Waals surface area (Å²) in [6, 6.07) is 8.28. The Kier molecular flexibility index (Phi) is 4.35. The third-order valence-electron chi connectivity index (χ3n) is 4.08. The molecule has 0 spiro atoms. The fourth-order valence-electron chi connectivity index (χ4n) is 2.96. The van der Waals surface area contributed by atoms with Crippen LogP contribution >= 0.6 is 0 Å². The summed E-state index contributed by atoms with van der Waals surface area (Å²) in [5.41, 5.74) is 2.19. The van der Waals surface area contributed by atoms with Crippen molar-refractivity contribution in [3.63, 3.8) is 0 Å². The Morgan fingerprint density at radius 1 is 1.14 bits per heavy atom. The fraction of sp³-hybridized carbons (Fsp3) is 0.600. The van der Waals surface area contributed by atoms with E-state index in [1.54, 1.807) is 0 Å². The van der Waals surface area contributed by atoms with Gasteiger partial charge in [0.05, 0.1) is 24.7 Å². The van der Waals surface area contributed by atoms with E-state index in [0.29, 0.717) is 5.75 Å². The molecule has 0 bridgehead atoms. The van der Waals surface area contributed by atoms with Crippen LogP contribution in [0.4, 0.5) is 11.4 Å². The molecule has 2 fully saturated rings. The van der Waals surface area contributed by atoms with Crippen LogP contribution in [-0.2, 0) is 14.6 Å². The number of morpholine rings is 1. The van der Waals surface area contributed by atoms with Gasteiger partial charge in [-0.1, -0.05) is 0 Å². The highest BCUT2D eigenvalue weighted by Crippen LogP contribution is 2.21. The molecule has 2 saturated heterocycles. The number of hydrogen-bond donors (Lipinski definition) is 1. The zero-order valence-electron chi connectivity index (χ0n) is 12.1. The predicted octanol–water partition coefficient (Wildman–Crippen LogP) is 1.51. The van der Waals surface area contributed by atoms with E-state index < -0.39 is 9.84 Å². The summed E-state index contributed by atoms with van der Waals surface area (Å²) in [6.45, 7) is 3.40. The average Bonchev–Trinajstić information content (AvgIpc) is 2.48. The Morgan fingerprint density at radius 3 is 2.52 bits per heavy atom. The van der Waals surface area contributed by atoms with Crippen LogP contribution in [0.25, 0.3) is 0 Å². The molecule has 2 heterocycles. The molecule has 6 heteroatoms. The molecule has 1 aromatic carbocycles. The predicted molar refractivity (Wildman–Crippen MR) is 84.8 cm³/mol. The smallest absolute Gasteiger partial charge is 0.152 e. The molecule has 116 valence electrons. The van der Waals surface area contributed by atoms with Crippen LogP contribution in [0.5, 0.6) is 0 Å². The zero-order valence-corrected chi connectivity index (χ0v) is 12.9. The molecule has 1 aromatic rings. The molecule has 0 saturated carbocycles. The number of ether oxygens (including phenoxy) is 1. The molecule has 0 aromatic heterocycles. The van der Waals surface area contributed by atoms with Crippen molar-refractivity contribution >= 4 is 21.2 Å². The maximum atomic E-state index is 11.7. The summed E-state index contributed by atoms with van der Waals surface area (Å²) >= 11 is 0. The number of benzene rings is 1. The lowest BCUT2D eigenvalue weighted by Gasteiger charge is -2.29. The molecule has 21 heavy (non-hydrogen) atoms. The zero-order chi connectivity index (χ0) is 14.7. The monoisotopic (exact) mass is 310 g/mol. The van der Waals surface area contributed by atoms with Gasteiger partial charge in [0.2, 0.25) is 0 Å². The van der Waals surface area contributed by atoms with Crippen molar-refractivity contribution < 1.29 is 13.2 Å². The van der Waals surface area contributed by atoms with Gasteiger partial charge in [-0.05, 0) is 37.1 Å². The highest BCUT2D eigenvalue weighted by Gasteiger charge is 2.24. The van der Waals surface area contributed by atoms with E-state index in [9.17, 15) is 8.42 Å². The summed E-state index contributed by atoms with van der Waals surface area (Å²) < 4.78 is 28.7. The second-order valence-corrected chi connectivity index (χ2v) is 7.97. The van der Waals surface area contributed by atoms with Gasteiger partial charge in [0.1, 0.15) is 0 Å². The molecule has 0 radical (unpaired) electrons. The van der Waals surface area contributed by atoms with E-state index in [2.05, 4.69) is 22.3 Å². The van der Waals surface area contributed by atoms with Crippen molar-refractivity contribution in [1.82, 2.24) is 0 Å². The van der Waals surface area contributed by atoms with Crippen LogP contribution in [0.2, 0.25) is 0 Å². The third kappa shape index (κ3) is 3.89. The SMILES string of the molecule is O=S1(=O)CCCC(Nc2ccc(N3CCOCC3)cc2)C1. The molecular formula is C15H22N2O3S. The van der Waals surface area contributed by atoms with Crippen LogP contribution in [0.1, 0.15) is 12.8 Å². The topological polar surface area (TPSA) is 58.6 Å². The number of nitrogens with zero attached hydrogens (tertiary/aromatic N) is 1. The largest absolute Gasteiger partial charge is 0.381 e. The summed E-state index contributed by atoms with van der Waals surface area (Å²) in [4.78, 5) is 2.30. The molecular weight excluding hydrogens is 288 g/mol. The second-order valence-electron chi connectivity index (χ2n) is 5.74. The van der Waals surface area contributed by atoms with Crippen molar-refractivity contribution in [2.45, 2.75) is 18.9 Å². The van der Waals surface area contributed by atoms with Gasteiger partial charge < -0.3 is 15.0 Å². The van der Waals surface area contributed by atoms with E-state index in [1.807, 2.05) is 12.1 Å². The van der Waals surface area contributed by atoms with Gasteiger partial charge in [-0.15, -0.1) is 0 Å². The summed E-state index contributed by atoms with van der Waals surface area (Å²) in [6.07, 6.45) is 1.68. The van der Waals surface area contributed by atoms with Crippen molar-refractivity contribution in [2.24, 2.45) is 0 Å². The number of hydrogen-bond acceptors (Lipinski definition) is 5. The van der Waals surface area contributed by atoms with Crippen molar-refractivity contribution in [2.75, 3.05) is 48.0 Å².